The molecule has 0 radical (unpaired) electrons. The lowest BCUT2D eigenvalue weighted by atomic mass is 9.99. The van der Waals surface area contributed by atoms with Crippen molar-refractivity contribution in [1.29, 1.82) is 0 Å². The van der Waals surface area contributed by atoms with Gasteiger partial charge in [0, 0.05) is 11.1 Å². The Balaban J connectivity index is 1.84. The number of carbonyl (C=O) groups excluding carboxylic acids is 1. The highest BCUT2D eigenvalue weighted by atomic mass is 16.3. The monoisotopic (exact) mass is 350 g/mol. The van der Waals surface area contributed by atoms with Crippen molar-refractivity contribution in [1.82, 2.24) is 9.97 Å². The van der Waals surface area contributed by atoms with Crippen molar-refractivity contribution in [2.45, 2.75) is 0 Å². The van der Waals surface area contributed by atoms with Crippen LogP contribution in [-0.4, -0.2) is 15.8 Å². The Morgan fingerprint density at radius 2 is 1.30 bits per heavy atom. The fourth-order valence-electron chi connectivity index (χ4n) is 3.21. The first kappa shape index (κ1) is 15.5. The van der Waals surface area contributed by atoms with Gasteiger partial charge in [-0.3, -0.25) is 4.79 Å². The van der Waals surface area contributed by atoms with E-state index < -0.39 is 0 Å². The summed E-state index contributed by atoms with van der Waals surface area (Å²) in [6.45, 7) is 0. The van der Waals surface area contributed by atoms with Crippen molar-refractivity contribution in [3.05, 3.63) is 96.1 Å². The van der Waals surface area contributed by atoms with Crippen LogP contribution in [-0.2, 0) is 0 Å². The van der Waals surface area contributed by atoms with E-state index in [0.717, 1.165) is 16.6 Å². The lowest BCUT2D eigenvalue weighted by molar-refractivity contribution is 0.104. The highest BCUT2D eigenvalue weighted by molar-refractivity contribution is 6.18. The van der Waals surface area contributed by atoms with Crippen LogP contribution >= 0.6 is 0 Å². The number of aromatic nitrogens is 2. The highest BCUT2D eigenvalue weighted by Crippen LogP contribution is 2.34. The van der Waals surface area contributed by atoms with Crippen LogP contribution in [0, 0.1) is 0 Å². The van der Waals surface area contributed by atoms with Crippen molar-refractivity contribution in [2.75, 3.05) is 0 Å². The summed E-state index contributed by atoms with van der Waals surface area (Å²) in [5.74, 6) is 0.368. The van der Waals surface area contributed by atoms with E-state index in [1.165, 1.54) is 0 Å². The molecule has 0 spiro atoms. The van der Waals surface area contributed by atoms with E-state index in [1.54, 1.807) is 12.1 Å². The van der Waals surface area contributed by atoms with Gasteiger partial charge in [-0.05, 0) is 12.1 Å². The molecule has 0 bridgehead atoms. The molecule has 0 aliphatic heterocycles. The fourth-order valence-corrected chi connectivity index (χ4v) is 3.21. The molecule has 5 rings (SSSR count). The number of carbonyl (C=O) groups is 1. The normalized spacial score (nSPS) is 11.1. The van der Waals surface area contributed by atoms with Gasteiger partial charge in [0.15, 0.2) is 5.78 Å². The largest absolute Gasteiger partial charge is 0.435 e. The molecule has 0 amide bonds. The molecular formula is C23H14N2O2. The molecule has 5 aromatic rings. The molecule has 128 valence electrons. The Kier molecular flexibility index (Phi) is 3.54. The van der Waals surface area contributed by atoms with Gasteiger partial charge in [0.2, 0.25) is 5.71 Å². The minimum absolute atomic E-state index is 0.127. The van der Waals surface area contributed by atoms with Crippen LogP contribution in [0.25, 0.3) is 33.6 Å². The molecule has 0 aliphatic carbocycles. The number of furan rings is 1. The maximum absolute atomic E-state index is 13.3. The Morgan fingerprint density at radius 3 is 2.00 bits per heavy atom. The molecule has 0 fully saturated rings. The Bertz CT molecular complexity index is 1280. The number of nitrogens with zero attached hydrogens (tertiary/aromatic N) is 2. The Hall–Kier alpha value is -3.79. The lowest BCUT2D eigenvalue weighted by Gasteiger charge is -2.03. The van der Waals surface area contributed by atoms with Crippen LogP contribution in [0.1, 0.15) is 15.9 Å². The maximum Gasteiger partial charge on any atom is 0.247 e. The molecule has 2 heterocycles. The zero-order valence-electron chi connectivity index (χ0n) is 14.3. The highest BCUT2D eigenvalue weighted by Gasteiger charge is 2.25. The summed E-state index contributed by atoms with van der Waals surface area (Å²) in [7, 11) is 0. The number of para-hydroxylation sites is 2. The van der Waals surface area contributed by atoms with E-state index in [9.17, 15) is 4.79 Å². The van der Waals surface area contributed by atoms with Crippen LogP contribution in [0.5, 0.6) is 0 Å². The number of fused-ring (bicyclic) bond motifs is 2. The number of ketones is 1. The molecule has 0 atom stereocenters. The predicted molar refractivity (Wildman–Crippen MR) is 105 cm³/mol. The van der Waals surface area contributed by atoms with Gasteiger partial charge in [-0.2, -0.15) is 0 Å². The molecule has 2 aromatic heterocycles. The topological polar surface area (TPSA) is 56.0 Å². The van der Waals surface area contributed by atoms with Crippen LogP contribution in [0.4, 0.5) is 0 Å². The third-order valence-corrected chi connectivity index (χ3v) is 4.50. The van der Waals surface area contributed by atoms with Crippen molar-refractivity contribution >= 4 is 28.0 Å². The number of benzene rings is 3. The molecule has 4 heteroatoms. The standard InChI is InChI=1S/C23H14N2O2/c26-21(15-9-3-1-4-10-15)19-20-23(25-18-14-8-7-13-17(18)24-20)27-22(19)16-11-5-2-6-12-16/h1-14H. The lowest BCUT2D eigenvalue weighted by Crippen LogP contribution is -2.03. The zero-order valence-corrected chi connectivity index (χ0v) is 14.3. The second-order valence-electron chi connectivity index (χ2n) is 6.23. The van der Waals surface area contributed by atoms with Gasteiger partial charge in [-0.25, -0.2) is 9.97 Å². The van der Waals surface area contributed by atoms with Gasteiger partial charge < -0.3 is 4.42 Å². The summed E-state index contributed by atoms with van der Waals surface area (Å²) in [5, 5.41) is 0. The number of hydrogen-bond acceptors (Lipinski definition) is 4. The minimum atomic E-state index is -0.127. The van der Waals surface area contributed by atoms with Crippen molar-refractivity contribution in [3.63, 3.8) is 0 Å². The first-order valence-corrected chi connectivity index (χ1v) is 8.66. The molecule has 0 saturated heterocycles. The van der Waals surface area contributed by atoms with Crippen LogP contribution in [0.15, 0.2) is 89.3 Å². The second kappa shape index (κ2) is 6.18. The number of hydrogen-bond donors (Lipinski definition) is 0. The third-order valence-electron chi connectivity index (χ3n) is 4.50. The van der Waals surface area contributed by atoms with Crippen molar-refractivity contribution in [3.8, 4) is 11.3 Å². The fraction of sp³-hybridized carbons (Fsp3) is 0. The van der Waals surface area contributed by atoms with Crippen molar-refractivity contribution in [2.24, 2.45) is 0 Å². The molecule has 0 aliphatic rings. The third kappa shape index (κ3) is 2.59. The van der Waals surface area contributed by atoms with E-state index in [1.807, 2.05) is 72.8 Å². The SMILES string of the molecule is O=C(c1ccccc1)c1c(-c2ccccc2)oc2nc3ccccc3nc12. The first-order chi connectivity index (χ1) is 13.3. The van der Waals surface area contributed by atoms with Crippen molar-refractivity contribution < 1.29 is 9.21 Å². The molecular weight excluding hydrogens is 336 g/mol. The summed E-state index contributed by atoms with van der Waals surface area (Å²) >= 11 is 0. The van der Waals surface area contributed by atoms with E-state index >= 15 is 0 Å². The molecule has 0 unspecified atom stereocenters. The smallest absolute Gasteiger partial charge is 0.247 e. The van der Waals surface area contributed by atoms with Crippen LogP contribution < -0.4 is 0 Å². The molecule has 0 N–H and O–H groups in total. The second-order valence-corrected chi connectivity index (χ2v) is 6.23. The summed E-state index contributed by atoms with van der Waals surface area (Å²) in [6.07, 6.45) is 0. The van der Waals surface area contributed by atoms with Gasteiger partial charge >= 0.3 is 0 Å². The Morgan fingerprint density at radius 1 is 0.704 bits per heavy atom. The van der Waals surface area contributed by atoms with Gasteiger partial charge in [-0.1, -0.05) is 72.8 Å². The zero-order chi connectivity index (χ0) is 18.2. The average molecular weight is 350 g/mol. The minimum Gasteiger partial charge on any atom is -0.435 e. The van der Waals surface area contributed by atoms with E-state index in [2.05, 4.69) is 4.98 Å². The first-order valence-electron chi connectivity index (χ1n) is 8.66. The van der Waals surface area contributed by atoms with Crippen LogP contribution in [0.2, 0.25) is 0 Å². The van der Waals surface area contributed by atoms with E-state index in [-0.39, 0.29) is 5.78 Å². The van der Waals surface area contributed by atoms with E-state index in [4.69, 9.17) is 9.40 Å². The quantitative estimate of drug-likeness (QED) is 0.416. The molecule has 3 aromatic carbocycles. The Labute approximate surface area is 155 Å². The molecule has 0 saturated carbocycles. The summed E-state index contributed by atoms with van der Waals surface area (Å²) < 4.78 is 6.04. The van der Waals surface area contributed by atoms with E-state index in [0.29, 0.717) is 28.1 Å². The average Bonchev–Trinajstić information content (AvgIpc) is 3.11. The predicted octanol–water partition coefficient (Wildman–Crippen LogP) is 5.27. The molecule has 4 nitrogen and oxygen atoms in total. The molecule has 27 heavy (non-hydrogen) atoms. The van der Waals surface area contributed by atoms with Gasteiger partial charge in [0.1, 0.15) is 11.3 Å². The summed E-state index contributed by atoms with van der Waals surface area (Å²) in [4.78, 5) is 22.6. The summed E-state index contributed by atoms with van der Waals surface area (Å²) in [5.41, 5.74) is 4.17. The number of rotatable bonds is 3. The maximum atomic E-state index is 13.3. The van der Waals surface area contributed by atoms with Gasteiger partial charge in [-0.15, -0.1) is 0 Å². The van der Waals surface area contributed by atoms with Crippen LogP contribution in [0.3, 0.4) is 0 Å². The summed E-state index contributed by atoms with van der Waals surface area (Å²) in [6, 6.07) is 26.3. The van der Waals surface area contributed by atoms with Gasteiger partial charge in [0.25, 0.3) is 0 Å². The van der Waals surface area contributed by atoms with Gasteiger partial charge in [0.05, 0.1) is 16.6 Å².